The van der Waals surface area contributed by atoms with Crippen molar-refractivity contribution in [3.63, 3.8) is 0 Å². The van der Waals surface area contributed by atoms with Crippen LogP contribution in [0.1, 0.15) is 66.2 Å². The molecule has 4 nitrogen and oxygen atoms in total. The molecule has 4 heteroatoms. The molecule has 2 aliphatic carbocycles. The van der Waals surface area contributed by atoms with E-state index in [1.54, 1.807) is 0 Å². The average Bonchev–Trinajstić information content (AvgIpc) is 2.41. The summed E-state index contributed by atoms with van der Waals surface area (Å²) in [5.74, 6) is 0.0910. The standard InChI is InChI=1S/C17H32N2O2/c1-5-21-14-11-13(17(14)9-7-6-8-10-17)18-12-15(20)19-16(2,3)4/h13-14,18H,5-12H2,1-4H3,(H,19,20). The van der Waals surface area contributed by atoms with Crippen molar-refractivity contribution in [1.82, 2.24) is 10.6 Å². The van der Waals surface area contributed by atoms with Gasteiger partial charge in [0.15, 0.2) is 0 Å². The van der Waals surface area contributed by atoms with Crippen molar-refractivity contribution < 1.29 is 9.53 Å². The van der Waals surface area contributed by atoms with Crippen LogP contribution in [0.2, 0.25) is 0 Å². The van der Waals surface area contributed by atoms with Crippen LogP contribution in [0, 0.1) is 5.41 Å². The Morgan fingerprint density at radius 1 is 1.24 bits per heavy atom. The minimum atomic E-state index is -0.158. The fraction of sp³-hybridized carbons (Fsp3) is 0.941. The largest absolute Gasteiger partial charge is 0.378 e. The summed E-state index contributed by atoms with van der Waals surface area (Å²) < 4.78 is 5.95. The Kier molecular flexibility index (Phi) is 5.31. The molecule has 0 aliphatic heterocycles. The molecule has 2 rings (SSSR count). The van der Waals surface area contributed by atoms with Crippen molar-refractivity contribution >= 4 is 5.91 Å². The van der Waals surface area contributed by atoms with Gasteiger partial charge < -0.3 is 15.4 Å². The van der Waals surface area contributed by atoms with E-state index in [4.69, 9.17) is 4.74 Å². The molecule has 0 bridgehead atoms. The fourth-order valence-corrected chi connectivity index (χ4v) is 4.03. The minimum absolute atomic E-state index is 0.0910. The van der Waals surface area contributed by atoms with E-state index in [1.165, 1.54) is 32.1 Å². The van der Waals surface area contributed by atoms with Gasteiger partial charge in [0.1, 0.15) is 0 Å². The molecule has 2 fully saturated rings. The molecule has 2 N–H and O–H groups in total. The maximum absolute atomic E-state index is 12.0. The van der Waals surface area contributed by atoms with Crippen molar-refractivity contribution in [2.75, 3.05) is 13.2 Å². The van der Waals surface area contributed by atoms with Crippen molar-refractivity contribution in [2.45, 2.75) is 83.9 Å². The molecule has 2 unspecified atom stereocenters. The zero-order valence-corrected chi connectivity index (χ0v) is 14.1. The van der Waals surface area contributed by atoms with Gasteiger partial charge in [-0.3, -0.25) is 4.79 Å². The smallest absolute Gasteiger partial charge is 0.234 e. The second-order valence-corrected chi connectivity index (χ2v) is 7.71. The number of carbonyl (C=O) groups excluding carboxylic acids is 1. The van der Waals surface area contributed by atoms with E-state index in [0.29, 0.717) is 18.7 Å². The first kappa shape index (κ1) is 16.8. The lowest BCUT2D eigenvalue weighted by Crippen LogP contribution is -2.65. The van der Waals surface area contributed by atoms with Gasteiger partial charge in [-0.05, 0) is 47.0 Å². The van der Waals surface area contributed by atoms with Gasteiger partial charge in [-0.25, -0.2) is 0 Å². The van der Waals surface area contributed by atoms with Gasteiger partial charge in [0.25, 0.3) is 0 Å². The van der Waals surface area contributed by atoms with Crippen molar-refractivity contribution in [3.05, 3.63) is 0 Å². The monoisotopic (exact) mass is 296 g/mol. The van der Waals surface area contributed by atoms with Gasteiger partial charge >= 0.3 is 0 Å². The molecule has 2 atom stereocenters. The third kappa shape index (κ3) is 3.98. The van der Waals surface area contributed by atoms with E-state index in [0.717, 1.165) is 13.0 Å². The van der Waals surface area contributed by atoms with Gasteiger partial charge in [-0.15, -0.1) is 0 Å². The van der Waals surface area contributed by atoms with Crippen LogP contribution in [-0.4, -0.2) is 36.7 Å². The molecule has 0 aromatic rings. The first-order valence-electron chi connectivity index (χ1n) is 8.53. The summed E-state index contributed by atoms with van der Waals surface area (Å²) in [5.41, 5.74) is 0.130. The number of hydrogen-bond donors (Lipinski definition) is 2. The number of hydrogen-bond acceptors (Lipinski definition) is 3. The first-order valence-corrected chi connectivity index (χ1v) is 8.53. The topological polar surface area (TPSA) is 50.4 Å². The third-order valence-electron chi connectivity index (χ3n) is 4.96. The molecule has 0 heterocycles. The highest BCUT2D eigenvalue weighted by atomic mass is 16.5. The summed E-state index contributed by atoms with van der Waals surface area (Å²) in [6.07, 6.45) is 7.89. The highest BCUT2D eigenvalue weighted by Gasteiger charge is 2.55. The number of amides is 1. The van der Waals surface area contributed by atoms with E-state index in [9.17, 15) is 4.79 Å². The lowest BCUT2D eigenvalue weighted by atomic mass is 9.55. The van der Waals surface area contributed by atoms with Crippen LogP contribution in [0.5, 0.6) is 0 Å². The summed E-state index contributed by atoms with van der Waals surface area (Å²) in [7, 11) is 0. The highest BCUT2D eigenvalue weighted by Crippen LogP contribution is 2.53. The van der Waals surface area contributed by atoms with E-state index in [1.807, 2.05) is 20.8 Å². The molecular weight excluding hydrogens is 264 g/mol. The molecule has 21 heavy (non-hydrogen) atoms. The zero-order chi connectivity index (χ0) is 15.5. The van der Waals surface area contributed by atoms with Gasteiger partial charge in [0.2, 0.25) is 5.91 Å². The number of nitrogens with one attached hydrogen (secondary N) is 2. The Morgan fingerprint density at radius 2 is 1.90 bits per heavy atom. The molecular formula is C17H32N2O2. The van der Waals surface area contributed by atoms with Crippen LogP contribution in [-0.2, 0) is 9.53 Å². The Labute approximate surface area is 129 Å². The summed E-state index contributed by atoms with van der Waals surface area (Å²) in [6.45, 7) is 9.34. The van der Waals surface area contributed by atoms with Gasteiger partial charge in [-0.2, -0.15) is 0 Å². The van der Waals surface area contributed by atoms with Crippen LogP contribution in [0.4, 0.5) is 0 Å². The minimum Gasteiger partial charge on any atom is -0.378 e. The number of carbonyl (C=O) groups is 1. The third-order valence-corrected chi connectivity index (χ3v) is 4.96. The average molecular weight is 296 g/mol. The second-order valence-electron chi connectivity index (χ2n) is 7.71. The summed E-state index contributed by atoms with van der Waals surface area (Å²) >= 11 is 0. The summed E-state index contributed by atoms with van der Waals surface area (Å²) in [6, 6.07) is 0.445. The van der Waals surface area contributed by atoms with E-state index in [2.05, 4.69) is 17.6 Å². The van der Waals surface area contributed by atoms with Crippen LogP contribution in [0.15, 0.2) is 0 Å². The summed E-state index contributed by atoms with van der Waals surface area (Å²) in [5, 5.41) is 6.52. The van der Waals surface area contributed by atoms with Crippen LogP contribution in [0.25, 0.3) is 0 Å². The van der Waals surface area contributed by atoms with Crippen molar-refractivity contribution in [3.8, 4) is 0 Å². The zero-order valence-electron chi connectivity index (χ0n) is 14.1. The summed E-state index contributed by atoms with van der Waals surface area (Å²) in [4.78, 5) is 12.0. The van der Waals surface area contributed by atoms with Crippen LogP contribution in [0.3, 0.4) is 0 Å². The van der Waals surface area contributed by atoms with Gasteiger partial charge in [0, 0.05) is 23.6 Å². The molecule has 1 amide bonds. The molecule has 122 valence electrons. The van der Waals surface area contributed by atoms with Crippen LogP contribution >= 0.6 is 0 Å². The van der Waals surface area contributed by atoms with E-state index < -0.39 is 0 Å². The maximum Gasteiger partial charge on any atom is 0.234 e. The van der Waals surface area contributed by atoms with Gasteiger partial charge in [-0.1, -0.05) is 19.3 Å². The molecule has 2 aliphatic rings. The second kappa shape index (κ2) is 6.66. The van der Waals surface area contributed by atoms with Crippen LogP contribution < -0.4 is 10.6 Å². The lowest BCUT2D eigenvalue weighted by molar-refractivity contribution is -0.151. The quantitative estimate of drug-likeness (QED) is 0.820. The van der Waals surface area contributed by atoms with E-state index >= 15 is 0 Å². The number of ether oxygens (including phenoxy) is 1. The molecule has 2 saturated carbocycles. The van der Waals surface area contributed by atoms with Crippen molar-refractivity contribution in [2.24, 2.45) is 5.41 Å². The predicted octanol–water partition coefficient (Wildman–Crippen LogP) is 2.62. The Balaban J connectivity index is 1.87. The molecule has 0 radical (unpaired) electrons. The molecule has 0 aromatic carbocycles. The number of rotatable bonds is 5. The maximum atomic E-state index is 12.0. The first-order chi connectivity index (χ1) is 9.87. The fourth-order valence-electron chi connectivity index (χ4n) is 4.03. The predicted molar refractivity (Wildman–Crippen MR) is 85.2 cm³/mol. The highest BCUT2D eigenvalue weighted by molar-refractivity contribution is 5.78. The van der Waals surface area contributed by atoms with E-state index in [-0.39, 0.29) is 16.9 Å². The Bertz CT molecular complexity index is 356. The Hall–Kier alpha value is -0.610. The molecule has 0 saturated heterocycles. The Morgan fingerprint density at radius 3 is 2.48 bits per heavy atom. The molecule has 0 aromatic heterocycles. The van der Waals surface area contributed by atoms with Crippen molar-refractivity contribution in [1.29, 1.82) is 0 Å². The lowest BCUT2D eigenvalue weighted by Gasteiger charge is -2.58. The van der Waals surface area contributed by atoms with Gasteiger partial charge in [0.05, 0.1) is 12.6 Å². The molecule has 1 spiro atoms. The SMILES string of the molecule is CCOC1CC(NCC(=O)NC(C)(C)C)C12CCCCC2. The normalized spacial score (nSPS) is 28.2.